The number of anilines is 2. The summed E-state index contributed by atoms with van der Waals surface area (Å²) in [6.45, 7) is 0.591. The van der Waals surface area contributed by atoms with E-state index in [1.807, 2.05) is 18.2 Å². The van der Waals surface area contributed by atoms with Crippen molar-refractivity contribution in [3.8, 4) is 11.5 Å². The van der Waals surface area contributed by atoms with E-state index in [9.17, 15) is 4.79 Å². The maximum atomic E-state index is 12.3. The number of benzene rings is 1. The number of nitrogens with zero attached hydrogens (tertiary/aromatic N) is 1. The molecule has 0 spiro atoms. The highest BCUT2D eigenvalue weighted by molar-refractivity contribution is 5.92. The van der Waals surface area contributed by atoms with Gasteiger partial charge < -0.3 is 25.5 Å². The van der Waals surface area contributed by atoms with Gasteiger partial charge in [0.25, 0.3) is 5.56 Å². The molecule has 0 bridgehead atoms. The molecule has 7 heteroatoms. The predicted molar refractivity (Wildman–Crippen MR) is 103 cm³/mol. The summed E-state index contributed by atoms with van der Waals surface area (Å²) in [5, 5.41) is 4.58. The molecule has 2 heterocycles. The molecule has 0 saturated heterocycles. The molecule has 0 unspecified atom stereocenters. The van der Waals surface area contributed by atoms with E-state index in [-0.39, 0.29) is 5.56 Å². The van der Waals surface area contributed by atoms with E-state index in [0.29, 0.717) is 29.2 Å². The van der Waals surface area contributed by atoms with Gasteiger partial charge >= 0.3 is 0 Å². The van der Waals surface area contributed by atoms with Gasteiger partial charge in [0.05, 0.1) is 19.6 Å². The van der Waals surface area contributed by atoms with Crippen LogP contribution in [0.1, 0.15) is 12.1 Å². The van der Waals surface area contributed by atoms with E-state index >= 15 is 0 Å². The van der Waals surface area contributed by atoms with Crippen molar-refractivity contribution >= 4 is 22.3 Å². The Bertz CT molecular complexity index is 969. The lowest BCUT2D eigenvalue weighted by molar-refractivity contribution is 0.355. The summed E-state index contributed by atoms with van der Waals surface area (Å²) in [4.78, 5) is 19.7. The zero-order valence-corrected chi connectivity index (χ0v) is 14.8. The van der Waals surface area contributed by atoms with Gasteiger partial charge in [0, 0.05) is 23.6 Å². The van der Waals surface area contributed by atoms with E-state index in [0.717, 1.165) is 29.6 Å². The average Bonchev–Trinajstić information content (AvgIpc) is 2.66. The van der Waals surface area contributed by atoms with Crippen LogP contribution in [0.3, 0.4) is 0 Å². The fourth-order valence-electron chi connectivity index (χ4n) is 2.82. The van der Waals surface area contributed by atoms with Crippen LogP contribution < -0.4 is 26.1 Å². The minimum atomic E-state index is -0.191. The van der Waals surface area contributed by atoms with Crippen LogP contribution in [0.5, 0.6) is 11.5 Å². The van der Waals surface area contributed by atoms with Crippen molar-refractivity contribution in [2.45, 2.75) is 12.8 Å². The Morgan fingerprint density at radius 2 is 1.96 bits per heavy atom. The molecular weight excluding hydrogens is 332 g/mol. The van der Waals surface area contributed by atoms with Gasteiger partial charge in [0.2, 0.25) is 0 Å². The Labute approximate surface area is 151 Å². The van der Waals surface area contributed by atoms with Crippen LogP contribution in [-0.4, -0.2) is 30.7 Å². The number of nitrogens with two attached hydrogens (primary N) is 1. The van der Waals surface area contributed by atoms with Crippen LogP contribution in [-0.2, 0) is 6.42 Å². The molecule has 0 aliphatic heterocycles. The van der Waals surface area contributed by atoms with Crippen LogP contribution in [0, 0.1) is 0 Å². The SMILES string of the molecule is COc1ccc(Nc2nc(CCCN)cc3cc[nH]c(=O)c23)cc1OC. The number of fused-ring (bicyclic) bond motifs is 1. The fraction of sp³-hybridized carbons (Fsp3) is 0.263. The average molecular weight is 354 g/mol. The van der Waals surface area contributed by atoms with Crippen molar-refractivity contribution in [2.24, 2.45) is 5.73 Å². The minimum absolute atomic E-state index is 0.191. The highest BCUT2D eigenvalue weighted by Crippen LogP contribution is 2.32. The number of rotatable bonds is 7. The van der Waals surface area contributed by atoms with Crippen molar-refractivity contribution in [1.29, 1.82) is 0 Å². The maximum absolute atomic E-state index is 12.3. The molecule has 2 aromatic heterocycles. The fourth-order valence-corrected chi connectivity index (χ4v) is 2.82. The summed E-state index contributed by atoms with van der Waals surface area (Å²) in [6, 6.07) is 9.24. The summed E-state index contributed by atoms with van der Waals surface area (Å²) >= 11 is 0. The van der Waals surface area contributed by atoms with Gasteiger partial charge in [0.1, 0.15) is 5.82 Å². The number of aromatic nitrogens is 2. The molecule has 136 valence electrons. The number of H-pyrrole nitrogens is 1. The second-order valence-electron chi connectivity index (χ2n) is 5.82. The molecule has 0 aliphatic rings. The number of hydrogen-bond acceptors (Lipinski definition) is 6. The van der Waals surface area contributed by atoms with E-state index in [4.69, 9.17) is 15.2 Å². The third-order valence-electron chi connectivity index (χ3n) is 4.09. The normalized spacial score (nSPS) is 10.7. The Balaban J connectivity index is 2.07. The first-order valence-corrected chi connectivity index (χ1v) is 8.36. The first-order chi connectivity index (χ1) is 12.7. The topological polar surface area (TPSA) is 102 Å². The van der Waals surface area contributed by atoms with Gasteiger partial charge in [-0.2, -0.15) is 0 Å². The van der Waals surface area contributed by atoms with Crippen LogP contribution in [0.4, 0.5) is 11.5 Å². The van der Waals surface area contributed by atoms with Crippen molar-refractivity contribution < 1.29 is 9.47 Å². The van der Waals surface area contributed by atoms with Gasteiger partial charge in [-0.25, -0.2) is 4.98 Å². The number of pyridine rings is 2. The summed E-state index contributed by atoms with van der Waals surface area (Å²) in [5.74, 6) is 1.73. The number of hydrogen-bond donors (Lipinski definition) is 3. The molecule has 0 fully saturated rings. The van der Waals surface area contributed by atoms with Crippen molar-refractivity contribution in [3.05, 3.63) is 52.6 Å². The van der Waals surface area contributed by atoms with E-state index in [1.54, 1.807) is 32.5 Å². The zero-order chi connectivity index (χ0) is 18.5. The molecule has 7 nitrogen and oxygen atoms in total. The third kappa shape index (κ3) is 3.62. The predicted octanol–water partition coefficient (Wildman–Crippen LogP) is 2.58. The first-order valence-electron chi connectivity index (χ1n) is 8.36. The van der Waals surface area contributed by atoms with Gasteiger partial charge in [0.15, 0.2) is 11.5 Å². The number of aromatic amines is 1. The van der Waals surface area contributed by atoms with Crippen molar-refractivity contribution in [2.75, 3.05) is 26.1 Å². The van der Waals surface area contributed by atoms with Crippen LogP contribution >= 0.6 is 0 Å². The second-order valence-corrected chi connectivity index (χ2v) is 5.82. The molecular formula is C19H22N4O3. The molecule has 0 amide bonds. The monoisotopic (exact) mass is 354 g/mol. The highest BCUT2D eigenvalue weighted by Gasteiger charge is 2.11. The summed E-state index contributed by atoms with van der Waals surface area (Å²) in [5.41, 5.74) is 7.05. The molecule has 1 aromatic carbocycles. The lowest BCUT2D eigenvalue weighted by atomic mass is 10.1. The molecule has 0 radical (unpaired) electrons. The summed E-state index contributed by atoms with van der Waals surface area (Å²) in [6.07, 6.45) is 3.22. The molecule has 4 N–H and O–H groups in total. The van der Waals surface area contributed by atoms with Gasteiger partial charge in [-0.1, -0.05) is 0 Å². The quantitative estimate of drug-likeness (QED) is 0.603. The maximum Gasteiger partial charge on any atom is 0.259 e. The molecule has 3 rings (SSSR count). The molecule has 3 aromatic rings. The lowest BCUT2D eigenvalue weighted by Gasteiger charge is -2.13. The van der Waals surface area contributed by atoms with Crippen LogP contribution in [0.15, 0.2) is 41.3 Å². The standard InChI is InChI=1S/C19H22N4O3/c1-25-15-6-5-14(11-16(15)26-2)23-18-17-12(7-9-21-19(17)24)10-13(22-18)4-3-8-20/h5-7,9-11H,3-4,8,20H2,1-2H3,(H,21,24)(H,22,23). The van der Waals surface area contributed by atoms with E-state index < -0.39 is 0 Å². The molecule has 0 aliphatic carbocycles. The van der Waals surface area contributed by atoms with Gasteiger partial charge in [-0.15, -0.1) is 0 Å². The van der Waals surface area contributed by atoms with Crippen LogP contribution in [0.2, 0.25) is 0 Å². The number of methoxy groups -OCH3 is 2. The summed E-state index contributed by atoms with van der Waals surface area (Å²) < 4.78 is 10.6. The minimum Gasteiger partial charge on any atom is -0.493 e. The third-order valence-corrected chi connectivity index (χ3v) is 4.09. The Kier molecular flexibility index (Phi) is 5.38. The zero-order valence-electron chi connectivity index (χ0n) is 14.8. The number of nitrogens with one attached hydrogen (secondary N) is 2. The first kappa shape index (κ1) is 17.8. The van der Waals surface area contributed by atoms with Crippen LogP contribution in [0.25, 0.3) is 10.8 Å². The largest absolute Gasteiger partial charge is 0.493 e. The van der Waals surface area contributed by atoms with Crippen molar-refractivity contribution in [1.82, 2.24) is 9.97 Å². The molecule has 0 saturated carbocycles. The molecule has 0 atom stereocenters. The Hall–Kier alpha value is -3.06. The number of aryl methyl sites for hydroxylation is 1. The molecule has 26 heavy (non-hydrogen) atoms. The lowest BCUT2D eigenvalue weighted by Crippen LogP contribution is -2.10. The smallest absolute Gasteiger partial charge is 0.259 e. The van der Waals surface area contributed by atoms with Gasteiger partial charge in [-0.3, -0.25) is 4.79 Å². The highest BCUT2D eigenvalue weighted by atomic mass is 16.5. The second kappa shape index (κ2) is 7.88. The summed E-state index contributed by atoms with van der Waals surface area (Å²) in [7, 11) is 3.16. The Morgan fingerprint density at radius 3 is 2.69 bits per heavy atom. The number of ether oxygens (including phenoxy) is 2. The van der Waals surface area contributed by atoms with Gasteiger partial charge in [-0.05, 0) is 49.0 Å². The van der Waals surface area contributed by atoms with E-state index in [1.165, 1.54) is 0 Å². The van der Waals surface area contributed by atoms with E-state index in [2.05, 4.69) is 15.3 Å². The Morgan fingerprint density at radius 1 is 1.15 bits per heavy atom. The van der Waals surface area contributed by atoms with Crippen molar-refractivity contribution in [3.63, 3.8) is 0 Å².